The second-order valence-corrected chi connectivity index (χ2v) is 44.7. The predicted octanol–water partition coefficient (Wildman–Crippen LogP) is 4.97. The molecule has 0 fully saturated rings. The van der Waals surface area contributed by atoms with E-state index in [1.54, 1.807) is 0 Å². The van der Waals surface area contributed by atoms with Gasteiger partial charge in [-0.05, 0) is 0 Å². The Kier molecular flexibility index (Phi) is 8.27. The molecule has 0 aliphatic heterocycles. The van der Waals surface area contributed by atoms with Crippen molar-refractivity contribution < 1.29 is 0 Å². The molecule has 0 aromatic rings. The Balaban J connectivity index is 3.35. The van der Waals surface area contributed by atoms with E-state index >= 15 is 0 Å². The van der Waals surface area contributed by atoms with Crippen LogP contribution in [0.4, 0.5) is 0 Å². The number of rotatable bonds is 5. The van der Waals surface area contributed by atoms with E-state index in [2.05, 4.69) is 0 Å². The maximum atomic E-state index is 5.98. The predicted molar refractivity (Wildman–Crippen MR) is 65.5 cm³/mol. The summed E-state index contributed by atoms with van der Waals surface area (Å²) in [7, 11) is 29.3. The Morgan fingerprint density at radius 3 is 1.58 bits per heavy atom. The molecule has 0 rings (SSSR count). The van der Waals surface area contributed by atoms with Crippen LogP contribution in [0.25, 0.3) is 0 Å². The molecular weight excluding hydrogens is 475 g/mol. The number of unbranched alkanes of at least 4 members (excludes halogenated alkanes) is 1. The van der Waals surface area contributed by atoms with Gasteiger partial charge in [-0.25, -0.2) is 0 Å². The third kappa shape index (κ3) is 13.0. The van der Waals surface area contributed by atoms with E-state index in [1.807, 2.05) is 4.94 Å². The first-order valence-corrected chi connectivity index (χ1v) is 28.6. The zero-order valence-electron chi connectivity index (χ0n) is 6.72. The van der Waals surface area contributed by atoms with Gasteiger partial charge in [0.2, 0.25) is 0 Å². The molecule has 74 valence electrons. The molecule has 0 bridgehead atoms. The molecular formula is C5H11Cl5Sn2. The molecule has 0 nitrogen and oxygen atoms in total. The van der Waals surface area contributed by atoms with Crippen molar-refractivity contribution in [1.82, 2.24) is 0 Å². The van der Waals surface area contributed by atoms with E-state index in [4.69, 9.17) is 44.6 Å². The summed E-state index contributed by atoms with van der Waals surface area (Å²) >= 11 is -5.62. The van der Waals surface area contributed by atoms with Gasteiger partial charge in [-0.15, -0.1) is 0 Å². The van der Waals surface area contributed by atoms with Crippen molar-refractivity contribution >= 4 is 75.7 Å². The average Bonchev–Trinajstić information content (AvgIpc) is 1.76. The molecule has 0 radical (unpaired) electrons. The molecule has 0 aromatic carbocycles. The van der Waals surface area contributed by atoms with E-state index in [1.165, 1.54) is 0 Å². The topological polar surface area (TPSA) is 0 Å². The summed E-state index contributed by atoms with van der Waals surface area (Å²) < 4.78 is 1.75. The standard InChI is InChI=1S/C4H8.CH3.5ClH.2Sn/c1-3-4-2;;;;;;;;/h1-4H2;1H3;5*1H;;/q;;;;;;;+2;+3/p-5. The zero-order chi connectivity index (χ0) is 9.83. The number of hydrogen-bond acceptors (Lipinski definition) is 0. The van der Waals surface area contributed by atoms with E-state index in [0.717, 1.165) is 21.7 Å². The molecule has 0 spiro atoms. The van der Waals surface area contributed by atoms with Gasteiger partial charge in [0.15, 0.2) is 0 Å². The maximum absolute atomic E-state index is 5.98. The summed E-state index contributed by atoms with van der Waals surface area (Å²) in [5.41, 5.74) is 0. The van der Waals surface area contributed by atoms with Crippen LogP contribution in [0, 0.1) is 0 Å². The van der Waals surface area contributed by atoms with Crippen LogP contribution < -0.4 is 0 Å². The Morgan fingerprint density at radius 2 is 1.25 bits per heavy atom. The van der Waals surface area contributed by atoms with Gasteiger partial charge in [-0.1, -0.05) is 0 Å². The first-order valence-electron chi connectivity index (χ1n) is 3.65. The van der Waals surface area contributed by atoms with E-state index in [-0.39, 0.29) is 0 Å². The van der Waals surface area contributed by atoms with Crippen LogP contribution in [0.1, 0.15) is 12.8 Å². The molecule has 7 heteroatoms. The van der Waals surface area contributed by atoms with Crippen molar-refractivity contribution in [2.24, 2.45) is 0 Å². The summed E-state index contributed by atoms with van der Waals surface area (Å²) in [6, 6.07) is 0. The molecule has 12 heavy (non-hydrogen) atoms. The molecule has 0 heterocycles. The summed E-state index contributed by atoms with van der Waals surface area (Å²) in [6.45, 7) is 0. The van der Waals surface area contributed by atoms with E-state index < -0.39 is 31.1 Å². The molecule has 0 aliphatic rings. The molecule has 0 atom stereocenters. The first kappa shape index (κ1) is 15.0. The van der Waals surface area contributed by atoms with Crippen LogP contribution in [0.2, 0.25) is 13.8 Å². The van der Waals surface area contributed by atoms with Crippen molar-refractivity contribution in [3.8, 4) is 0 Å². The third-order valence-corrected chi connectivity index (χ3v) is 13.8. The van der Waals surface area contributed by atoms with Gasteiger partial charge in [0.05, 0.1) is 0 Å². The van der Waals surface area contributed by atoms with Crippen LogP contribution >= 0.6 is 44.6 Å². The third-order valence-electron chi connectivity index (χ3n) is 1.33. The molecule has 0 amide bonds. The summed E-state index contributed by atoms with van der Waals surface area (Å²) in [5, 5.41) is 0. The Labute approximate surface area is 101 Å². The average molecular weight is 486 g/mol. The van der Waals surface area contributed by atoms with Crippen LogP contribution in [0.15, 0.2) is 0 Å². The van der Waals surface area contributed by atoms with E-state index in [9.17, 15) is 0 Å². The molecule has 0 aliphatic carbocycles. The fourth-order valence-corrected chi connectivity index (χ4v) is 9.59. The first-order chi connectivity index (χ1) is 5.21. The minimum absolute atomic E-state index is 0.787. The molecule has 0 saturated heterocycles. The summed E-state index contributed by atoms with van der Waals surface area (Å²) in [4.78, 5) is 1.98. The van der Waals surface area contributed by atoms with Crippen molar-refractivity contribution in [1.29, 1.82) is 0 Å². The fraction of sp³-hybridized carbons (Fsp3) is 1.00. The molecule has 0 N–H and O–H groups in total. The van der Waals surface area contributed by atoms with Gasteiger partial charge in [-0.2, -0.15) is 0 Å². The normalized spacial score (nSPS) is 13.5. The molecule has 0 aromatic heterocycles. The number of halogens is 5. The van der Waals surface area contributed by atoms with Gasteiger partial charge >= 0.3 is 102 Å². The van der Waals surface area contributed by atoms with E-state index in [0.29, 0.717) is 0 Å². The van der Waals surface area contributed by atoms with Crippen molar-refractivity contribution in [2.45, 2.75) is 26.7 Å². The second kappa shape index (κ2) is 6.59. The van der Waals surface area contributed by atoms with Crippen LogP contribution in [-0.2, 0) is 0 Å². The fourth-order valence-electron chi connectivity index (χ4n) is 0.761. The van der Waals surface area contributed by atoms with Gasteiger partial charge in [0.1, 0.15) is 0 Å². The summed E-state index contributed by atoms with van der Waals surface area (Å²) in [6.07, 6.45) is 1.99. The Bertz CT molecular complexity index is 111. The van der Waals surface area contributed by atoms with Crippen molar-refractivity contribution in [2.75, 3.05) is 0 Å². The SMILES string of the molecule is [CH3][Sn]([Cl])([Cl])[CH2]CC[CH2][Sn]([Cl])([Cl])[Cl]. The zero-order valence-corrected chi connectivity index (χ0v) is 16.2. The van der Waals surface area contributed by atoms with Gasteiger partial charge in [0.25, 0.3) is 0 Å². The van der Waals surface area contributed by atoms with Gasteiger partial charge in [-0.3, -0.25) is 0 Å². The van der Waals surface area contributed by atoms with Crippen LogP contribution in [0.5, 0.6) is 0 Å². The van der Waals surface area contributed by atoms with Crippen molar-refractivity contribution in [3.05, 3.63) is 0 Å². The summed E-state index contributed by atoms with van der Waals surface area (Å²) in [5.74, 6) is 0. The van der Waals surface area contributed by atoms with Gasteiger partial charge < -0.3 is 0 Å². The Morgan fingerprint density at radius 1 is 0.833 bits per heavy atom. The Hall–Kier alpha value is 3.05. The molecule has 0 unspecified atom stereocenters. The van der Waals surface area contributed by atoms with Crippen LogP contribution in [0.3, 0.4) is 0 Å². The van der Waals surface area contributed by atoms with Gasteiger partial charge in [0, 0.05) is 0 Å². The number of hydrogen-bond donors (Lipinski definition) is 0. The van der Waals surface area contributed by atoms with Crippen molar-refractivity contribution in [3.63, 3.8) is 0 Å². The molecule has 0 saturated carbocycles. The monoisotopic (exact) mass is 486 g/mol. The quantitative estimate of drug-likeness (QED) is 0.381. The van der Waals surface area contributed by atoms with Crippen LogP contribution in [-0.4, -0.2) is 31.1 Å². The minimum atomic E-state index is -3.05. The second-order valence-electron chi connectivity index (χ2n) is 2.89.